The maximum absolute atomic E-state index is 4.33. The number of thioether (sulfide) groups is 1. The summed E-state index contributed by atoms with van der Waals surface area (Å²) in [6, 6.07) is 3.93. The molecule has 0 amide bonds. The first-order valence-corrected chi connectivity index (χ1v) is 7.19. The number of aromatic nitrogens is 4. The second-order valence-electron chi connectivity index (χ2n) is 3.69. The fraction of sp³-hybridized carbons (Fsp3) is 0.417. The molecule has 0 fully saturated rings. The topological polar surface area (TPSA) is 55.6 Å². The van der Waals surface area contributed by atoms with E-state index in [1.165, 1.54) is 17.8 Å². The predicted octanol–water partition coefficient (Wildman–Crippen LogP) is 2.22. The van der Waals surface area contributed by atoms with E-state index < -0.39 is 0 Å². The number of anilines is 1. The van der Waals surface area contributed by atoms with E-state index in [0.29, 0.717) is 0 Å². The third-order valence-corrected chi connectivity index (χ3v) is 3.39. The van der Waals surface area contributed by atoms with Gasteiger partial charge in [-0.05, 0) is 30.1 Å². The first-order valence-electron chi connectivity index (χ1n) is 6.03. The quantitative estimate of drug-likeness (QED) is 0.776. The highest BCUT2D eigenvalue weighted by atomic mass is 32.2. The number of hydrogen-bond acceptors (Lipinski definition) is 5. The molecule has 18 heavy (non-hydrogen) atoms. The zero-order chi connectivity index (χ0) is 12.6. The highest BCUT2D eigenvalue weighted by Gasteiger charge is 2.05. The monoisotopic (exact) mass is 263 g/mol. The Labute approximate surface area is 111 Å². The van der Waals surface area contributed by atoms with Crippen LogP contribution in [0.25, 0.3) is 5.82 Å². The number of rotatable bonds is 7. The zero-order valence-electron chi connectivity index (χ0n) is 10.4. The standard InChI is InChI=1S/C12H17N5S/c1-2-18-8-4-7-14-11-5-3-6-15-12(11)17-10-13-9-16-17/h3,5-6,9-10,14H,2,4,7-8H2,1H3. The van der Waals surface area contributed by atoms with Gasteiger partial charge >= 0.3 is 0 Å². The molecule has 0 saturated heterocycles. The molecule has 0 bridgehead atoms. The van der Waals surface area contributed by atoms with Crippen LogP contribution < -0.4 is 5.32 Å². The van der Waals surface area contributed by atoms with Crippen LogP contribution in [-0.4, -0.2) is 37.8 Å². The van der Waals surface area contributed by atoms with E-state index in [-0.39, 0.29) is 0 Å². The molecule has 0 aliphatic heterocycles. The summed E-state index contributed by atoms with van der Waals surface area (Å²) in [6.07, 6.45) is 6.07. The molecule has 5 nitrogen and oxygen atoms in total. The van der Waals surface area contributed by atoms with E-state index in [9.17, 15) is 0 Å². The molecular formula is C12H17N5S. The van der Waals surface area contributed by atoms with Crippen molar-refractivity contribution < 1.29 is 0 Å². The number of nitrogens with zero attached hydrogens (tertiary/aromatic N) is 4. The first kappa shape index (κ1) is 12.9. The van der Waals surface area contributed by atoms with Gasteiger partial charge in [0, 0.05) is 12.7 Å². The molecule has 0 aliphatic carbocycles. The Morgan fingerprint density at radius 2 is 2.39 bits per heavy atom. The summed E-state index contributed by atoms with van der Waals surface area (Å²) in [6.45, 7) is 3.13. The van der Waals surface area contributed by atoms with Crippen LogP contribution in [0.1, 0.15) is 13.3 Å². The average Bonchev–Trinajstić information content (AvgIpc) is 2.93. The van der Waals surface area contributed by atoms with Gasteiger partial charge in [0.15, 0.2) is 5.82 Å². The lowest BCUT2D eigenvalue weighted by Crippen LogP contribution is -2.08. The molecule has 2 aromatic heterocycles. The van der Waals surface area contributed by atoms with Crippen molar-refractivity contribution >= 4 is 17.4 Å². The Bertz CT molecular complexity index is 457. The lowest BCUT2D eigenvalue weighted by atomic mass is 10.3. The SMILES string of the molecule is CCSCCCNc1cccnc1-n1cncn1. The normalized spacial score (nSPS) is 10.5. The minimum Gasteiger partial charge on any atom is -0.382 e. The largest absolute Gasteiger partial charge is 0.382 e. The Balaban J connectivity index is 1.96. The maximum Gasteiger partial charge on any atom is 0.178 e. The van der Waals surface area contributed by atoms with Crippen molar-refractivity contribution in [1.82, 2.24) is 19.7 Å². The van der Waals surface area contributed by atoms with Crippen LogP contribution in [0.2, 0.25) is 0 Å². The van der Waals surface area contributed by atoms with Gasteiger partial charge in [-0.1, -0.05) is 6.92 Å². The van der Waals surface area contributed by atoms with Gasteiger partial charge in [0.05, 0.1) is 5.69 Å². The van der Waals surface area contributed by atoms with E-state index in [1.54, 1.807) is 17.2 Å². The first-order chi connectivity index (χ1) is 8.92. The van der Waals surface area contributed by atoms with Gasteiger partial charge < -0.3 is 5.32 Å². The van der Waals surface area contributed by atoms with Crippen molar-refractivity contribution in [2.75, 3.05) is 23.4 Å². The van der Waals surface area contributed by atoms with Crippen molar-refractivity contribution in [2.45, 2.75) is 13.3 Å². The highest BCUT2D eigenvalue weighted by Crippen LogP contribution is 2.15. The molecule has 0 saturated carbocycles. The van der Waals surface area contributed by atoms with E-state index in [4.69, 9.17) is 0 Å². The molecule has 2 heterocycles. The van der Waals surface area contributed by atoms with Gasteiger partial charge in [0.1, 0.15) is 12.7 Å². The van der Waals surface area contributed by atoms with Crippen LogP contribution in [0.4, 0.5) is 5.69 Å². The van der Waals surface area contributed by atoms with Crippen molar-refractivity contribution in [1.29, 1.82) is 0 Å². The van der Waals surface area contributed by atoms with Gasteiger partial charge in [-0.15, -0.1) is 0 Å². The minimum atomic E-state index is 0.790. The average molecular weight is 263 g/mol. The summed E-state index contributed by atoms with van der Waals surface area (Å²) < 4.78 is 1.67. The Kier molecular flexibility index (Phi) is 5.01. The molecule has 6 heteroatoms. The molecule has 96 valence electrons. The summed E-state index contributed by atoms with van der Waals surface area (Å²) in [5.41, 5.74) is 0.990. The number of hydrogen-bond donors (Lipinski definition) is 1. The summed E-state index contributed by atoms with van der Waals surface area (Å²) >= 11 is 1.96. The van der Waals surface area contributed by atoms with Crippen LogP contribution >= 0.6 is 11.8 Å². The fourth-order valence-corrected chi connectivity index (χ4v) is 2.21. The van der Waals surface area contributed by atoms with Gasteiger partial charge in [-0.25, -0.2) is 14.6 Å². The van der Waals surface area contributed by atoms with Crippen LogP contribution in [-0.2, 0) is 0 Å². The van der Waals surface area contributed by atoms with Crippen LogP contribution in [0.3, 0.4) is 0 Å². The lowest BCUT2D eigenvalue weighted by Gasteiger charge is -2.10. The molecule has 0 radical (unpaired) electrons. The Hall–Kier alpha value is -1.56. The van der Waals surface area contributed by atoms with Gasteiger partial charge in [0.25, 0.3) is 0 Å². The van der Waals surface area contributed by atoms with Crippen molar-refractivity contribution in [3.63, 3.8) is 0 Å². The van der Waals surface area contributed by atoms with Crippen LogP contribution in [0.5, 0.6) is 0 Å². The van der Waals surface area contributed by atoms with Gasteiger partial charge in [-0.2, -0.15) is 16.9 Å². The summed E-state index contributed by atoms with van der Waals surface area (Å²) in [7, 11) is 0. The van der Waals surface area contributed by atoms with E-state index in [1.807, 2.05) is 23.9 Å². The van der Waals surface area contributed by atoms with Gasteiger partial charge in [0.2, 0.25) is 0 Å². The number of nitrogens with one attached hydrogen (secondary N) is 1. The van der Waals surface area contributed by atoms with Crippen molar-refractivity contribution in [3.8, 4) is 5.82 Å². The summed E-state index contributed by atoms with van der Waals surface area (Å²) in [5, 5.41) is 7.50. The van der Waals surface area contributed by atoms with Crippen molar-refractivity contribution in [3.05, 3.63) is 31.0 Å². The molecule has 2 rings (SSSR count). The third kappa shape index (κ3) is 3.46. The van der Waals surface area contributed by atoms with Crippen molar-refractivity contribution in [2.24, 2.45) is 0 Å². The molecule has 0 atom stereocenters. The van der Waals surface area contributed by atoms with Crippen LogP contribution in [0, 0.1) is 0 Å². The fourth-order valence-electron chi connectivity index (χ4n) is 1.58. The summed E-state index contributed by atoms with van der Waals surface area (Å²) in [5.74, 6) is 3.15. The van der Waals surface area contributed by atoms with Gasteiger partial charge in [-0.3, -0.25) is 0 Å². The number of pyridine rings is 1. The van der Waals surface area contributed by atoms with Crippen LogP contribution in [0.15, 0.2) is 31.0 Å². The molecule has 2 aromatic rings. The molecule has 0 spiro atoms. The molecular weight excluding hydrogens is 246 g/mol. The van der Waals surface area contributed by atoms with E-state index in [0.717, 1.165) is 24.5 Å². The molecule has 0 unspecified atom stereocenters. The smallest absolute Gasteiger partial charge is 0.178 e. The van der Waals surface area contributed by atoms with E-state index >= 15 is 0 Å². The zero-order valence-corrected chi connectivity index (χ0v) is 11.2. The molecule has 1 N–H and O–H groups in total. The maximum atomic E-state index is 4.33. The lowest BCUT2D eigenvalue weighted by molar-refractivity contribution is 0.843. The second-order valence-corrected chi connectivity index (χ2v) is 5.09. The summed E-state index contributed by atoms with van der Waals surface area (Å²) in [4.78, 5) is 8.27. The van der Waals surface area contributed by atoms with E-state index in [2.05, 4.69) is 27.3 Å². The highest BCUT2D eigenvalue weighted by molar-refractivity contribution is 7.99. The molecule has 0 aromatic carbocycles. The Morgan fingerprint density at radius 1 is 1.44 bits per heavy atom. The second kappa shape index (κ2) is 7.00. The minimum absolute atomic E-state index is 0.790. The Morgan fingerprint density at radius 3 is 3.17 bits per heavy atom. The third-order valence-electron chi connectivity index (χ3n) is 2.41. The molecule has 0 aliphatic rings. The predicted molar refractivity (Wildman–Crippen MR) is 75.3 cm³/mol.